The van der Waals surface area contributed by atoms with E-state index in [9.17, 15) is 28.8 Å². The summed E-state index contributed by atoms with van der Waals surface area (Å²) in [6.45, 7) is 2.11. The van der Waals surface area contributed by atoms with Gasteiger partial charge in [0, 0.05) is 19.3 Å². The Balaban J connectivity index is 0.000000423. The molecule has 0 saturated carbocycles. The number of nitrogens with one attached hydrogen (secondary N) is 2. The van der Waals surface area contributed by atoms with Crippen LogP contribution in [0.1, 0.15) is 45.4 Å². The molecule has 170 valence electrons. The van der Waals surface area contributed by atoms with Crippen LogP contribution in [0.4, 0.5) is 0 Å². The van der Waals surface area contributed by atoms with Crippen LogP contribution >= 0.6 is 0 Å². The number of ether oxygens (including phenoxy) is 1. The summed E-state index contributed by atoms with van der Waals surface area (Å²) in [6, 6.07) is -2.10. The third-order valence-corrected chi connectivity index (χ3v) is 3.85. The first kappa shape index (κ1) is 26.8. The lowest BCUT2D eigenvalue weighted by Crippen LogP contribution is -2.34. The number of nitrogens with two attached hydrogens (primary N) is 1. The van der Waals surface area contributed by atoms with Gasteiger partial charge in [-0.3, -0.25) is 19.2 Å². The molecule has 0 aromatic heterocycles. The van der Waals surface area contributed by atoms with Gasteiger partial charge >= 0.3 is 23.9 Å². The Bertz CT molecular complexity index is 652. The maximum atomic E-state index is 11.0. The molecule has 0 aromatic carbocycles. The van der Waals surface area contributed by atoms with Crippen LogP contribution in [0.5, 0.6) is 0 Å². The van der Waals surface area contributed by atoms with E-state index in [0.717, 1.165) is 0 Å². The van der Waals surface area contributed by atoms with Crippen LogP contribution in [0.15, 0.2) is 0 Å². The Hall–Kier alpha value is -3.22. The highest BCUT2D eigenvalue weighted by Crippen LogP contribution is 2.07. The van der Waals surface area contributed by atoms with Crippen molar-refractivity contribution in [2.45, 2.75) is 63.6 Å². The summed E-state index contributed by atoms with van der Waals surface area (Å²) in [7, 11) is 0. The van der Waals surface area contributed by atoms with Crippen LogP contribution in [0.3, 0.4) is 0 Å². The summed E-state index contributed by atoms with van der Waals surface area (Å²) >= 11 is 0. The van der Waals surface area contributed by atoms with Gasteiger partial charge in [0.25, 0.3) is 0 Å². The second-order valence-corrected chi connectivity index (χ2v) is 6.28. The van der Waals surface area contributed by atoms with Crippen molar-refractivity contribution in [1.29, 1.82) is 0 Å². The largest absolute Gasteiger partial charge is 0.481 e. The number of carboxylic acids is 3. The maximum absolute atomic E-state index is 11.0. The van der Waals surface area contributed by atoms with Crippen molar-refractivity contribution < 1.29 is 48.8 Å². The van der Waals surface area contributed by atoms with Crippen molar-refractivity contribution in [3.63, 3.8) is 0 Å². The summed E-state index contributed by atoms with van der Waals surface area (Å²) < 4.78 is 4.72. The number of hydrogen-bond donors (Lipinski definition) is 6. The molecule has 0 radical (unpaired) electrons. The number of rotatable bonds is 7. The van der Waals surface area contributed by atoms with E-state index < -0.39 is 36.0 Å². The van der Waals surface area contributed by atoms with E-state index in [1.807, 2.05) is 0 Å². The topological polar surface area (TPSA) is 222 Å². The molecule has 2 fully saturated rings. The third-order valence-electron chi connectivity index (χ3n) is 3.85. The fourth-order valence-electron chi connectivity index (χ4n) is 2.24. The van der Waals surface area contributed by atoms with Crippen LogP contribution in [0.2, 0.25) is 0 Å². The molecule has 2 aliphatic rings. The minimum absolute atomic E-state index is 0.0231. The van der Waals surface area contributed by atoms with Crippen LogP contribution in [0, 0.1) is 0 Å². The predicted molar refractivity (Wildman–Crippen MR) is 99.1 cm³/mol. The number of carbonyl (C=O) groups is 6. The van der Waals surface area contributed by atoms with Crippen LogP contribution in [-0.2, 0) is 33.5 Å². The molecule has 13 nitrogen and oxygen atoms in total. The van der Waals surface area contributed by atoms with Crippen molar-refractivity contribution >= 4 is 35.7 Å². The molecule has 0 bridgehead atoms. The van der Waals surface area contributed by atoms with Crippen molar-refractivity contribution in [2.75, 3.05) is 6.61 Å². The first-order valence-corrected chi connectivity index (χ1v) is 9.16. The first-order chi connectivity index (χ1) is 14.0. The summed E-state index contributed by atoms with van der Waals surface area (Å²) in [5, 5.41) is 29.4. The molecule has 2 amide bonds. The van der Waals surface area contributed by atoms with Crippen LogP contribution in [-0.4, -0.2) is 75.7 Å². The standard InChI is InChI=1S/C7H11NO3.C5H9NO4.C5H7NO3/c1-2-11-7(10)5-3-4-6(9)8-5;6-3(5(9)10)1-2-4(7)8;7-4-2-1-3(6-4)5(8)9/h5H,2-4H2,1H3,(H,8,9);3H,1-2,6H2,(H,7,8)(H,9,10);3H,1-2H2,(H,6,7)(H,8,9)/t5-;2*3-/m111/s1. The average Bonchev–Trinajstić information content (AvgIpc) is 3.29. The minimum atomic E-state index is -1.17. The monoisotopic (exact) mass is 433 g/mol. The molecule has 13 heteroatoms. The molecule has 0 unspecified atom stereocenters. The molecule has 30 heavy (non-hydrogen) atoms. The zero-order chi connectivity index (χ0) is 23.3. The smallest absolute Gasteiger partial charge is 0.328 e. The highest BCUT2D eigenvalue weighted by molar-refractivity contribution is 5.88. The lowest BCUT2D eigenvalue weighted by atomic mass is 10.2. The zero-order valence-electron chi connectivity index (χ0n) is 16.5. The fraction of sp³-hybridized carbons (Fsp3) is 0.647. The summed E-state index contributed by atoms with van der Waals surface area (Å²) in [6.07, 6.45) is 1.55. The number of esters is 1. The Labute approximate surface area is 171 Å². The fourth-order valence-corrected chi connectivity index (χ4v) is 2.24. The first-order valence-electron chi connectivity index (χ1n) is 9.16. The molecule has 0 aromatic rings. The Kier molecular flexibility index (Phi) is 12.4. The lowest BCUT2D eigenvalue weighted by molar-refractivity contribution is -0.146. The molecule has 0 aliphatic carbocycles. The van der Waals surface area contributed by atoms with Crippen LogP contribution < -0.4 is 16.4 Å². The van der Waals surface area contributed by atoms with E-state index in [1.54, 1.807) is 6.92 Å². The van der Waals surface area contributed by atoms with Gasteiger partial charge in [-0.25, -0.2) is 9.59 Å². The number of amides is 2. The van der Waals surface area contributed by atoms with Gasteiger partial charge < -0.3 is 36.4 Å². The number of carboxylic acid groups (broad SMARTS) is 3. The summed E-state index contributed by atoms with van der Waals surface area (Å²) in [5.74, 6) is -3.69. The van der Waals surface area contributed by atoms with E-state index in [4.69, 9.17) is 25.8 Å². The van der Waals surface area contributed by atoms with Crippen molar-refractivity contribution in [3.05, 3.63) is 0 Å². The molecular weight excluding hydrogens is 406 g/mol. The van der Waals surface area contributed by atoms with Crippen molar-refractivity contribution in [1.82, 2.24) is 10.6 Å². The maximum Gasteiger partial charge on any atom is 0.328 e. The van der Waals surface area contributed by atoms with E-state index in [-0.39, 0.29) is 30.6 Å². The Morgan fingerprint density at radius 1 is 1.03 bits per heavy atom. The van der Waals surface area contributed by atoms with Gasteiger partial charge in [-0.15, -0.1) is 0 Å². The van der Waals surface area contributed by atoms with Crippen molar-refractivity contribution in [3.8, 4) is 0 Å². The van der Waals surface area contributed by atoms with E-state index in [1.165, 1.54) is 0 Å². The van der Waals surface area contributed by atoms with Crippen molar-refractivity contribution in [2.24, 2.45) is 5.73 Å². The summed E-state index contributed by atoms with van der Waals surface area (Å²) in [5.41, 5.74) is 5.00. The van der Waals surface area contributed by atoms with E-state index >= 15 is 0 Å². The van der Waals surface area contributed by atoms with Gasteiger partial charge in [0.1, 0.15) is 18.1 Å². The van der Waals surface area contributed by atoms with Gasteiger partial charge in [0.15, 0.2) is 0 Å². The van der Waals surface area contributed by atoms with Crippen LogP contribution in [0.25, 0.3) is 0 Å². The second-order valence-electron chi connectivity index (χ2n) is 6.28. The molecule has 3 atom stereocenters. The summed E-state index contributed by atoms with van der Waals surface area (Å²) in [4.78, 5) is 62.0. The number of hydrogen-bond acceptors (Lipinski definition) is 8. The molecule has 2 rings (SSSR count). The van der Waals surface area contributed by atoms with E-state index in [2.05, 4.69) is 10.6 Å². The quantitative estimate of drug-likeness (QED) is 0.252. The molecule has 2 saturated heterocycles. The highest BCUT2D eigenvalue weighted by Gasteiger charge is 2.28. The van der Waals surface area contributed by atoms with Gasteiger partial charge in [0.2, 0.25) is 11.8 Å². The normalized spacial score (nSPS) is 20.3. The minimum Gasteiger partial charge on any atom is -0.481 e. The van der Waals surface area contributed by atoms with Gasteiger partial charge in [-0.05, 0) is 26.2 Å². The molecule has 2 aliphatic heterocycles. The Morgan fingerprint density at radius 3 is 1.83 bits per heavy atom. The molecule has 2 heterocycles. The molecule has 0 spiro atoms. The highest BCUT2D eigenvalue weighted by atomic mass is 16.5. The van der Waals surface area contributed by atoms with Gasteiger partial charge in [-0.2, -0.15) is 0 Å². The SMILES string of the molecule is CCOC(=O)[C@H]1CCC(=O)N1.N[C@H](CCC(=O)O)C(=O)O.O=C1CC[C@H](C(=O)O)N1. The van der Waals surface area contributed by atoms with Gasteiger partial charge in [-0.1, -0.05) is 0 Å². The molecule has 7 N–H and O–H groups in total. The number of carbonyl (C=O) groups excluding carboxylic acids is 3. The lowest BCUT2D eigenvalue weighted by Gasteiger charge is -2.07. The molecular formula is C17H27N3O10. The average molecular weight is 433 g/mol. The third kappa shape index (κ3) is 11.6. The van der Waals surface area contributed by atoms with Gasteiger partial charge in [0.05, 0.1) is 6.61 Å². The van der Waals surface area contributed by atoms with E-state index in [0.29, 0.717) is 32.3 Å². The predicted octanol–water partition coefficient (Wildman–Crippen LogP) is -1.56. The number of aliphatic carboxylic acids is 3. The Morgan fingerprint density at radius 2 is 1.53 bits per heavy atom. The zero-order valence-corrected chi connectivity index (χ0v) is 16.5. The second kappa shape index (κ2) is 13.9.